The summed E-state index contributed by atoms with van der Waals surface area (Å²) in [7, 11) is 2.36. The standard InChI is InChI=1S/C46H92NO5/c1-5-8-11-14-17-26-33-43-51-45(49)37-29-22-18-24-31-39-47(4,41-34-42-48)40-32-25-19-23-30-38-46(50)52-44(35-27-20-15-12-9-6-2)36-28-21-16-13-10-7-3/h44,48H,5-43H2,1-4H3/q+1. The first kappa shape index (κ1) is 50.9. The number of hydrogen-bond donors (Lipinski definition) is 1. The van der Waals surface area contributed by atoms with Gasteiger partial charge < -0.3 is 19.1 Å². The van der Waals surface area contributed by atoms with Gasteiger partial charge in [0, 0.05) is 25.9 Å². The molecule has 0 bridgehead atoms. The Morgan fingerprint density at radius 2 is 0.827 bits per heavy atom. The van der Waals surface area contributed by atoms with Crippen LogP contribution in [0.15, 0.2) is 0 Å². The van der Waals surface area contributed by atoms with E-state index in [0.717, 1.165) is 75.5 Å². The highest BCUT2D eigenvalue weighted by molar-refractivity contribution is 5.69. The Balaban J connectivity index is 4.14. The lowest BCUT2D eigenvalue weighted by Crippen LogP contribution is -2.46. The maximum Gasteiger partial charge on any atom is 0.306 e. The number of quaternary nitrogens is 1. The van der Waals surface area contributed by atoms with Gasteiger partial charge >= 0.3 is 11.9 Å². The minimum atomic E-state index is -0.0228. The molecule has 1 N–H and O–H groups in total. The van der Waals surface area contributed by atoms with E-state index in [2.05, 4.69) is 27.8 Å². The maximum absolute atomic E-state index is 12.8. The molecular weight excluding hydrogens is 647 g/mol. The molecule has 6 nitrogen and oxygen atoms in total. The number of rotatable bonds is 42. The molecule has 0 aromatic carbocycles. The first-order valence-electron chi connectivity index (χ1n) is 23.2. The average molecular weight is 739 g/mol. The van der Waals surface area contributed by atoms with Crippen molar-refractivity contribution < 1.29 is 28.7 Å². The van der Waals surface area contributed by atoms with Gasteiger partial charge in [0.15, 0.2) is 0 Å². The molecule has 0 fully saturated rings. The number of carbonyl (C=O) groups is 2. The van der Waals surface area contributed by atoms with Gasteiger partial charge in [-0.1, -0.05) is 149 Å². The fourth-order valence-electron chi connectivity index (χ4n) is 7.50. The zero-order valence-electron chi connectivity index (χ0n) is 35.7. The Hall–Kier alpha value is -1.14. The third-order valence-corrected chi connectivity index (χ3v) is 11.1. The van der Waals surface area contributed by atoms with Crippen LogP contribution in [0.4, 0.5) is 0 Å². The second-order valence-corrected chi connectivity index (χ2v) is 16.5. The van der Waals surface area contributed by atoms with E-state index in [0.29, 0.717) is 19.4 Å². The minimum absolute atomic E-state index is 0.0222. The van der Waals surface area contributed by atoms with Crippen LogP contribution in [0, 0.1) is 0 Å². The van der Waals surface area contributed by atoms with E-state index in [1.54, 1.807) is 0 Å². The van der Waals surface area contributed by atoms with Crippen molar-refractivity contribution in [3.8, 4) is 0 Å². The van der Waals surface area contributed by atoms with Crippen molar-refractivity contribution in [2.75, 3.05) is 39.9 Å². The summed E-state index contributed by atoms with van der Waals surface area (Å²) in [5.41, 5.74) is 0. The van der Waals surface area contributed by atoms with Crippen molar-refractivity contribution in [1.82, 2.24) is 0 Å². The molecule has 0 amide bonds. The van der Waals surface area contributed by atoms with Crippen LogP contribution in [0.25, 0.3) is 0 Å². The van der Waals surface area contributed by atoms with Gasteiger partial charge in [0.25, 0.3) is 0 Å². The summed E-state index contributed by atoms with van der Waals surface area (Å²) >= 11 is 0. The fraction of sp³-hybridized carbons (Fsp3) is 0.957. The molecule has 52 heavy (non-hydrogen) atoms. The molecule has 0 aromatic heterocycles. The van der Waals surface area contributed by atoms with Crippen LogP contribution in [-0.4, -0.2) is 67.5 Å². The van der Waals surface area contributed by atoms with E-state index in [9.17, 15) is 14.7 Å². The number of hydrogen-bond acceptors (Lipinski definition) is 5. The largest absolute Gasteiger partial charge is 0.466 e. The van der Waals surface area contributed by atoms with E-state index in [-0.39, 0.29) is 24.6 Å². The molecule has 0 radical (unpaired) electrons. The lowest BCUT2D eigenvalue weighted by Gasteiger charge is -2.35. The molecule has 310 valence electrons. The number of aliphatic hydroxyl groups is 1. The van der Waals surface area contributed by atoms with Gasteiger partial charge in [-0.05, 0) is 70.6 Å². The van der Waals surface area contributed by atoms with E-state index in [1.165, 1.54) is 154 Å². The van der Waals surface area contributed by atoms with Crippen LogP contribution < -0.4 is 0 Å². The minimum Gasteiger partial charge on any atom is -0.466 e. The SMILES string of the molecule is CCCCCCCCCOC(=O)CCCCCCC[N+](C)(CCCO)CCCCCCCC(=O)OC(CCCCCCCC)CCCCCCCC. The Morgan fingerprint density at radius 1 is 0.462 bits per heavy atom. The molecule has 0 aliphatic carbocycles. The Bertz CT molecular complexity index is 745. The van der Waals surface area contributed by atoms with Crippen LogP contribution in [0.1, 0.15) is 239 Å². The number of carbonyl (C=O) groups excluding carboxylic acids is 2. The molecule has 0 saturated carbocycles. The van der Waals surface area contributed by atoms with Gasteiger partial charge in [-0.3, -0.25) is 9.59 Å². The molecule has 0 heterocycles. The van der Waals surface area contributed by atoms with Gasteiger partial charge in [0.05, 0.1) is 33.3 Å². The third-order valence-electron chi connectivity index (χ3n) is 11.1. The molecule has 1 unspecified atom stereocenters. The normalized spacial score (nSPS) is 12.7. The quantitative estimate of drug-likeness (QED) is 0.0383. The summed E-state index contributed by atoms with van der Waals surface area (Å²) in [5.74, 6) is -0.000600. The molecule has 0 rings (SSSR count). The number of unbranched alkanes of at least 4 members (excludes halogenated alkanes) is 24. The monoisotopic (exact) mass is 739 g/mol. The van der Waals surface area contributed by atoms with Crippen LogP contribution in [-0.2, 0) is 19.1 Å². The predicted molar refractivity (Wildman–Crippen MR) is 223 cm³/mol. The number of nitrogens with zero attached hydrogens (tertiary/aromatic N) is 1. The van der Waals surface area contributed by atoms with Crippen molar-refractivity contribution in [2.45, 2.75) is 245 Å². The summed E-state index contributed by atoms with van der Waals surface area (Å²) in [6, 6.07) is 0. The summed E-state index contributed by atoms with van der Waals surface area (Å²) < 4.78 is 12.5. The highest BCUT2D eigenvalue weighted by Gasteiger charge is 2.20. The molecule has 0 saturated heterocycles. The van der Waals surface area contributed by atoms with E-state index in [1.807, 2.05) is 0 Å². The smallest absolute Gasteiger partial charge is 0.306 e. The fourth-order valence-corrected chi connectivity index (χ4v) is 7.50. The second kappa shape index (κ2) is 39.6. The van der Waals surface area contributed by atoms with Crippen molar-refractivity contribution in [1.29, 1.82) is 0 Å². The Kier molecular flexibility index (Phi) is 38.7. The van der Waals surface area contributed by atoms with Crippen LogP contribution >= 0.6 is 0 Å². The average Bonchev–Trinajstić information content (AvgIpc) is 3.13. The highest BCUT2D eigenvalue weighted by atomic mass is 16.5. The first-order valence-corrected chi connectivity index (χ1v) is 23.2. The highest BCUT2D eigenvalue weighted by Crippen LogP contribution is 2.19. The van der Waals surface area contributed by atoms with E-state index in [4.69, 9.17) is 9.47 Å². The summed E-state index contributed by atoms with van der Waals surface area (Å²) in [5, 5.41) is 9.51. The third kappa shape index (κ3) is 35.9. The van der Waals surface area contributed by atoms with Gasteiger partial charge in [-0.25, -0.2) is 0 Å². The van der Waals surface area contributed by atoms with Gasteiger partial charge in [0.1, 0.15) is 6.10 Å². The van der Waals surface area contributed by atoms with E-state index >= 15 is 0 Å². The second-order valence-electron chi connectivity index (χ2n) is 16.5. The van der Waals surface area contributed by atoms with Gasteiger partial charge in [-0.2, -0.15) is 0 Å². The van der Waals surface area contributed by atoms with Crippen LogP contribution in [0.2, 0.25) is 0 Å². The van der Waals surface area contributed by atoms with Gasteiger partial charge in [-0.15, -0.1) is 0 Å². The molecule has 0 aliphatic heterocycles. The molecule has 6 heteroatoms. The number of ether oxygens (including phenoxy) is 2. The van der Waals surface area contributed by atoms with Crippen LogP contribution in [0.5, 0.6) is 0 Å². The summed E-state index contributed by atoms with van der Waals surface area (Å²) in [6.07, 6.45) is 39.5. The van der Waals surface area contributed by atoms with Gasteiger partial charge in [0.2, 0.25) is 0 Å². The van der Waals surface area contributed by atoms with Crippen molar-refractivity contribution >= 4 is 11.9 Å². The zero-order chi connectivity index (χ0) is 38.2. The Labute approximate surface area is 324 Å². The molecule has 0 aromatic rings. The Morgan fingerprint density at radius 3 is 1.29 bits per heavy atom. The summed E-state index contributed by atoms with van der Waals surface area (Å²) in [6.45, 7) is 11.0. The lowest BCUT2D eigenvalue weighted by molar-refractivity contribution is -0.910. The van der Waals surface area contributed by atoms with Crippen LogP contribution in [0.3, 0.4) is 0 Å². The summed E-state index contributed by atoms with van der Waals surface area (Å²) in [4.78, 5) is 24.8. The molecule has 0 aliphatic rings. The van der Waals surface area contributed by atoms with E-state index < -0.39 is 0 Å². The molecule has 0 spiro atoms. The number of aliphatic hydroxyl groups excluding tert-OH is 1. The maximum atomic E-state index is 12.8. The van der Waals surface area contributed by atoms with Crippen molar-refractivity contribution in [3.63, 3.8) is 0 Å². The molecule has 1 atom stereocenters. The first-order chi connectivity index (χ1) is 25.4. The lowest BCUT2D eigenvalue weighted by atomic mass is 10.0. The number of esters is 2. The molecular formula is C46H92NO5+. The van der Waals surface area contributed by atoms with Crippen molar-refractivity contribution in [3.05, 3.63) is 0 Å². The zero-order valence-corrected chi connectivity index (χ0v) is 35.7. The topological polar surface area (TPSA) is 72.8 Å². The predicted octanol–water partition coefficient (Wildman–Crippen LogP) is 13.2. The van der Waals surface area contributed by atoms with Crippen molar-refractivity contribution in [2.24, 2.45) is 0 Å².